The lowest BCUT2D eigenvalue weighted by molar-refractivity contribution is 0.669. The number of fused-ring (bicyclic) bond motifs is 7. The SMILES string of the molecule is c1ccc(N(c2ccc(-c3ccc(-n4c5ccccc5c5ccccc54)cc3)cc2)c2ccc(-c3cccc4ccccc34)cc2)c(-c2ccc3oc4ccccc4c3c2)c1. The van der Waals surface area contributed by atoms with Crippen molar-refractivity contribution in [1.82, 2.24) is 4.57 Å². The Hall–Kier alpha value is -8.14. The molecule has 3 heteroatoms. The lowest BCUT2D eigenvalue weighted by Gasteiger charge is -2.28. The molecule has 0 aliphatic carbocycles. The maximum absolute atomic E-state index is 6.23. The van der Waals surface area contributed by atoms with Crippen molar-refractivity contribution in [1.29, 1.82) is 0 Å². The Morgan fingerprint density at radius 3 is 1.56 bits per heavy atom. The van der Waals surface area contributed by atoms with Crippen molar-refractivity contribution in [3.8, 4) is 39.1 Å². The highest BCUT2D eigenvalue weighted by molar-refractivity contribution is 6.09. The first kappa shape index (κ1) is 34.9. The number of para-hydroxylation sites is 4. The number of nitrogens with zero attached hydrogens (tertiary/aromatic N) is 2. The van der Waals surface area contributed by atoms with Gasteiger partial charge in [0.15, 0.2) is 0 Å². The lowest BCUT2D eigenvalue weighted by Crippen LogP contribution is -2.11. The Balaban J connectivity index is 0.951. The maximum atomic E-state index is 6.23. The summed E-state index contributed by atoms with van der Waals surface area (Å²) in [5.41, 5.74) is 15.6. The zero-order valence-electron chi connectivity index (χ0n) is 33.2. The van der Waals surface area contributed by atoms with Crippen LogP contribution in [-0.2, 0) is 0 Å². The Kier molecular flexibility index (Phi) is 8.17. The number of hydrogen-bond acceptors (Lipinski definition) is 2. The highest BCUT2D eigenvalue weighted by Crippen LogP contribution is 2.44. The molecule has 2 heterocycles. The molecule has 286 valence electrons. The van der Waals surface area contributed by atoms with Crippen molar-refractivity contribution in [3.05, 3.63) is 231 Å². The van der Waals surface area contributed by atoms with E-state index < -0.39 is 0 Å². The van der Waals surface area contributed by atoms with Crippen molar-refractivity contribution in [2.75, 3.05) is 4.90 Å². The second kappa shape index (κ2) is 14.3. The van der Waals surface area contributed by atoms with Gasteiger partial charge in [-0.1, -0.05) is 158 Å². The topological polar surface area (TPSA) is 21.3 Å². The molecule has 0 amide bonds. The Morgan fingerprint density at radius 1 is 0.328 bits per heavy atom. The molecule has 0 bridgehead atoms. The number of rotatable bonds is 7. The lowest BCUT2D eigenvalue weighted by atomic mass is 9.97. The fourth-order valence-electron chi connectivity index (χ4n) is 9.31. The average Bonchev–Trinajstić information content (AvgIpc) is 3.88. The summed E-state index contributed by atoms with van der Waals surface area (Å²) >= 11 is 0. The summed E-state index contributed by atoms with van der Waals surface area (Å²) < 4.78 is 8.60. The quantitative estimate of drug-likeness (QED) is 0.161. The summed E-state index contributed by atoms with van der Waals surface area (Å²) in [5.74, 6) is 0. The molecule has 0 aliphatic heterocycles. The van der Waals surface area contributed by atoms with Crippen LogP contribution in [0.25, 0.3) is 93.6 Å². The Bertz CT molecular complexity index is 3520. The van der Waals surface area contributed by atoms with E-state index in [-0.39, 0.29) is 0 Å². The summed E-state index contributed by atoms with van der Waals surface area (Å²) in [7, 11) is 0. The van der Waals surface area contributed by atoms with E-state index >= 15 is 0 Å². The zero-order valence-corrected chi connectivity index (χ0v) is 33.2. The molecule has 10 aromatic carbocycles. The van der Waals surface area contributed by atoms with Gasteiger partial charge in [-0.3, -0.25) is 0 Å². The fourth-order valence-corrected chi connectivity index (χ4v) is 9.31. The Morgan fingerprint density at radius 2 is 0.836 bits per heavy atom. The van der Waals surface area contributed by atoms with E-state index in [1.54, 1.807) is 0 Å². The number of hydrogen-bond donors (Lipinski definition) is 0. The van der Waals surface area contributed by atoms with Gasteiger partial charge in [-0.25, -0.2) is 0 Å². The van der Waals surface area contributed by atoms with Gasteiger partial charge in [0, 0.05) is 44.2 Å². The van der Waals surface area contributed by atoms with Crippen molar-refractivity contribution in [3.63, 3.8) is 0 Å². The van der Waals surface area contributed by atoms with Crippen LogP contribution in [0.5, 0.6) is 0 Å². The standard InChI is InChI=1S/C58H38N2O/c1-2-14-47-41(12-1)13-11-19-48(47)42-28-35-45(36-29-42)59(54-20-7-3-15-49(54)43-30-37-58-53(38-43)52-18-6-10-23-57(52)61-58)44-31-24-39(25-32-44)40-26-33-46(34-27-40)60-55-21-8-4-16-50(55)51-17-5-9-22-56(51)60/h1-38H. The molecule has 0 aliphatic rings. The van der Waals surface area contributed by atoms with Crippen molar-refractivity contribution >= 4 is 71.6 Å². The van der Waals surface area contributed by atoms with Crippen LogP contribution in [0, 0.1) is 0 Å². The van der Waals surface area contributed by atoms with Crippen LogP contribution in [0.1, 0.15) is 0 Å². The summed E-state index contributed by atoms with van der Waals surface area (Å²) in [6, 6.07) is 83.0. The van der Waals surface area contributed by atoms with Crippen LogP contribution < -0.4 is 4.90 Å². The first-order chi connectivity index (χ1) is 30.2. The van der Waals surface area contributed by atoms with E-state index in [0.717, 1.165) is 61.4 Å². The minimum absolute atomic E-state index is 0.891. The first-order valence-electron chi connectivity index (χ1n) is 20.8. The van der Waals surface area contributed by atoms with Gasteiger partial charge in [-0.2, -0.15) is 0 Å². The van der Waals surface area contributed by atoms with Crippen LogP contribution >= 0.6 is 0 Å². The molecule has 12 rings (SSSR count). The molecule has 3 nitrogen and oxygen atoms in total. The number of anilines is 3. The minimum Gasteiger partial charge on any atom is -0.456 e. The first-order valence-corrected chi connectivity index (χ1v) is 20.8. The molecule has 0 N–H and O–H groups in total. The predicted molar refractivity (Wildman–Crippen MR) is 257 cm³/mol. The number of furan rings is 1. The predicted octanol–water partition coefficient (Wildman–Crippen LogP) is 16.3. The summed E-state index contributed by atoms with van der Waals surface area (Å²) in [4.78, 5) is 2.38. The molecule has 0 spiro atoms. The van der Waals surface area contributed by atoms with E-state index in [9.17, 15) is 0 Å². The van der Waals surface area contributed by atoms with Gasteiger partial charge in [-0.05, 0) is 111 Å². The monoisotopic (exact) mass is 778 g/mol. The molecule has 0 saturated heterocycles. The second-order valence-corrected chi connectivity index (χ2v) is 15.7. The van der Waals surface area contributed by atoms with Gasteiger partial charge in [0.1, 0.15) is 11.2 Å². The van der Waals surface area contributed by atoms with Gasteiger partial charge in [0.25, 0.3) is 0 Å². The minimum atomic E-state index is 0.891. The molecule has 0 saturated carbocycles. The molecule has 0 unspecified atom stereocenters. The Labute approximate surface area is 353 Å². The van der Waals surface area contributed by atoms with Crippen molar-refractivity contribution in [2.45, 2.75) is 0 Å². The third-order valence-corrected chi connectivity index (χ3v) is 12.2. The number of benzene rings is 10. The molecular formula is C58H38N2O. The van der Waals surface area contributed by atoms with Crippen molar-refractivity contribution in [2.24, 2.45) is 0 Å². The summed E-state index contributed by atoms with van der Waals surface area (Å²) in [5, 5.41) is 7.26. The van der Waals surface area contributed by atoms with Crippen LogP contribution in [0.3, 0.4) is 0 Å². The molecule has 0 radical (unpaired) electrons. The third-order valence-electron chi connectivity index (χ3n) is 12.2. The van der Waals surface area contributed by atoms with E-state index in [0.29, 0.717) is 0 Å². The molecule has 61 heavy (non-hydrogen) atoms. The largest absolute Gasteiger partial charge is 0.456 e. The second-order valence-electron chi connectivity index (χ2n) is 15.7. The highest BCUT2D eigenvalue weighted by Gasteiger charge is 2.19. The van der Waals surface area contributed by atoms with Crippen LogP contribution in [0.4, 0.5) is 17.1 Å². The third kappa shape index (κ3) is 5.90. The molecule has 2 aromatic heterocycles. The summed E-state index contributed by atoms with van der Waals surface area (Å²) in [6.45, 7) is 0. The van der Waals surface area contributed by atoms with E-state index in [2.05, 4.69) is 228 Å². The summed E-state index contributed by atoms with van der Waals surface area (Å²) in [6.07, 6.45) is 0. The zero-order chi connectivity index (χ0) is 40.3. The highest BCUT2D eigenvalue weighted by atomic mass is 16.3. The van der Waals surface area contributed by atoms with Gasteiger partial charge < -0.3 is 13.9 Å². The van der Waals surface area contributed by atoms with E-state index in [4.69, 9.17) is 4.42 Å². The van der Waals surface area contributed by atoms with Crippen LogP contribution in [0.2, 0.25) is 0 Å². The molecule has 0 fully saturated rings. The number of aromatic nitrogens is 1. The molecular weight excluding hydrogens is 741 g/mol. The van der Waals surface area contributed by atoms with Crippen LogP contribution in [0.15, 0.2) is 235 Å². The van der Waals surface area contributed by atoms with Gasteiger partial charge >= 0.3 is 0 Å². The molecule has 12 aromatic rings. The van der Waals surface area contributed by atoms with Gasteiger partial charge in [0.2, 0.25) is 0 Å². The smallest absolute Gasteiger partial charge is 0.135 e. The van der Waals surface area contributed by atoms with E-state index in [1.807, 2.05) is 12.1 Å². The molecule has 0 atom stereocenters. The maximum Gasteiger partial charge on any atom is 0.135 e. The van der Waals surface area contributed by atoms with Crippen LogP contribution in [-0.4, -0.2) is 4.57 Å². The van der Waals surface area contributed by atoms with Crippen molar-refractivity contribution < 1.29 is 4.42 Å². The van der Waals surface area contributed by atoms with E-state index in [1.165, 1.54) is 49.3 Å². The van der Waals surface area contributed by atoms with Gasteiger partial charge in [-0.15, -0.1) is 0 Å². The van der Waals surface area contributed by atoms with Gasteiger partial charge in [0.05, 0.1) is 16.7 Å². The average molecular weight is 779 g/mol. The normalized spacial score (nSPS) is 11.6. The fraction of sp³-hybridized carbons (Fsp3) is 0.